The summed E-state index contributed by atoms with van der Waals surface area (Å²) in [4.78, 5) is 10.9. The van der Waals surface area contributed by atoms with E-state index in [0.717, 1.165) is 11.1 Å². The third-order valence-corrected chi connectivity index (χ3v) is 3.22. The van der Waals surface area contributed by atoms with Gasteiger partial charge in [0.15, 0.2) is 5.70 Å². The average molecular weight is 319 g/mol. The second kappa shape index (κ2) is 6.84. The second-order valence-electron chi connectivity index (χ2n) is 4.45. The lowest BCUT2D eigenvalue weighted by Gasteiger charge is -2.11. The number of hydrogen-bond donors (Lipinski definition) is 5. The number of carboxylic acids is 1. The summed E-state index contributed by atoms with van der Waals surface area (Å²) in [7, 11) is 0. The number of carbonyl (C=O) groups is 1. The lowest BCUT2D eigenvalue weighted by Crippen LogP contribution is -2.32. The number of halogens is 1. The molecule has 0 saturated heterocycles. The minimum absolute atomic E-state index is 0.0748. The molecule has 114 valence electrons. The minimum atomic E-state index is -1.25. The Bertz CT molecular complexity index is 696. The maximum Gasteiger partial charge on any atom is 0.357 e. The summed E-state index contributed by atoms with van der Waals surface area (Å²) in [5, 5.41) is 12.4. The second-order valence-corrected chi connectivity index (χ2v) is 4.88. The van der Waals surface area contributed by atoms with Gasteiger partial charge in [0.25, 0.3) is 0 Å². The monoisotopic (exact) mass is 318 g/mol. The highest BCUT2D eigenvalue weighted by Crippen LogP contribution is 2.23. The third kappa shape index (κ3) is 3.69. The fraction of sp³-hybridized carbons (Fsp3) is 0. The maximum absolute atomic E-state index is 10.9. The van der Waals surface area contributed by atoms with E-state index in [-0.39, 0.29) is 11.5 Å². The zero-order chi connectivity index (χ0) is 16.1. The van der Waals surface area contributed by atoms with E-state index in [1.807, 2.05) is 41.8 Å². The summed E-state index contributed by atoms with van der Waals surface area (Å²) in [6.45, 7) is 0. The molecule has 22 heavy (non-hydrogen) atoms. The molecule has 2 rings (SSSR count). The van der Waals surface area contributed by atoms with Gasteiger partial charge in [-0.3, -0.25) is 5.84 Å². The highest BCUT2D eigenvalue weighted by atomic mass is 35.5. The van der Waals surface area contributed by atoms with Crippen LogP contribution in [-0.2, 0) is 4.79 Å². The van der Waals surface area contributed by atoms with E-state index in [1.165, 1.54) is 0 Å². The van der Waals surface area contributed by atoms with E-state index < -0.39 is 5.97 Å². The number of hydrogen-bond acceptors (Lipinski definition) is 5. The van der Waals surface area contributed by atoms with Gasteiger partial charge in [0.05, 0.1) is 0 Å². The van der Waals surface area contributed by atoms with Gasteiger partial charge in [-0.15, -0.1) is 0 Å². The first-order valence-electron chi connectivity index (χ1n) is 6.34. The molecule has 0 saturated carbocycles. The third-order valence-electron chi connectivity index (χ3n) is 2.97. The number of aliphatic carboxylic acids is 1. The summed E-state index contributed by atoms with van der Waals surface area (Å²) in [5.41, 5.74) is 10.1. The van der Waals surface area contributed by atoms with Gasteiger partial charge >= 0.3 is 5.97 Å². The Morgan fingerprint density at radius 1 is 1.00 bits per heavy atom. The molecule has 0 atom stereocenters. The molecular formula is C15H15ClN4O2. The van der Waals surface area contributed by atoms with Crippen LogP contribution in [0.2, 0.25) is 5.02 Å². The molecule has 6 nitrogen and oxygen atoms in total. The molecule has 7 N–H and O–H groups in total. The molecule has 0 fully saturated rings. The molecule has 0 unspecified atom stereocenters. The van der Waals surface area contributed by atoms with Crippen molar-refractivity contribution in [1.29, 1.82) is 0 Å². The van der Waals surface area contributed by atoms with Gasteiger partial charge in [0, 0.05) is 10.7 Å². The first-order valence-corrected chi connectivity index (χ1v) is 6.71. The average Bonchev–Trinajstić information content (AvgIpc) is 2.49. The van der Waals surface area contributed by atoms with Crippen molar-refractivity contribution in [3.05, 3.63) is 65.1 Å². The Kier molecular flexibility index (Phi) is 4.88. The van der Waals surface area contributed by atoms with Crippen LogP contribution in [0.1, 0.15) is 0 Å². The van der Waals surface area contributed by atoms with Gasteiger partial charge in [0.2, 0.25) is 0 Å². The highest BCUT2D eigenvalue weighted by Gasteiger charge is 2.10. The number of rotatable bonds is 5. The first kappa shape index (κ1) is 15.7. The van der Waals surface area contributed by atoms with Gasteiger partial charge in [-0.1, -0.05) is 35.9 Å². The molecule has 0 radical (unpaired) electrons. The standard InChI is InChI=1S/C15H15ClN4O2/c16-11-5-1-9(2-6-11)10-3-7-12(8-4-10)19-14(17)13(20-18)15(21)22/h1-8,19-20H,17-18H2,(H,21,22)/b14-13+. The summed E-state index contributed by atoms with van der Waals surface area (Å²) in [6.07, 6.45) is 0. The van der Waals surface area contributed by atoms with E-state index in [1.54, 1.807) is 12.1 Å². The topological polar surface area (TPSA) is 113 Å². The Labute approximate surface area is 132 Å². The number of nitrogens with one attached hydrogen (secondary N) is 2. The predicted molar refractivity (Wildman–Crippen MR) is 86.7 cm³/mol. The number of nitrogens with two attached hydrogens (primary N) is 2. The Morgan fingerprint density at radius 2 is 1.50 bits per heavy atom. The molecule has 0 aliphatic carbocycles. The molecular weight excluding hydrogens is 304 g/mol. The molecule has 0 spiro atoms. The van der Waals surface area contributed by atoms with Crippen LogP contribution in [0.25, 0.3) is 11.1 Å². The Hall–Kier alpha value is -2.70. The van der Waals surface area contributed by atoms with E-state index in [0.29, 0.717) is 10.7 Å². The maximum atomic E-state index is 10.9. The van der Waals surface area contributed by atoms with Crippen LogP contribution in [-0.4, -0.2) is 11.1 Å². The van der Waals surface area contributed by atoms with E-state index in [4.69, 9.17) is 28.3 Å². The summed E-state index contributed by atoms with van der Waals surface area (Å²) < 4.78 is 0. The number of carboxylic acid groups (broad SMARTS) is 1. The normalized spacial score (nSPS) is 11.5. The minimum Gasteiger partial charge on any atom is -0.476 e. The van der Waals surface area contributed by atoms with Crippen LogP contribution < -0.4 is 22.3 Å². The van der Waals surface area contributed by atoms with Crippen molar-refractivity contribution in [1.82, 2.24) is 5.43 Å². The molecule has 0 amide bonds. The summed E-state index contributed by atoms with van der Waals surface area (Å²) >= 11 is 5.86. The van der Waals surface area contributed by atoms with Crippen LogP contribution >= 0.6 is 11.6 Å². The number of benzene rings is 2. The quantitative estimate of drug-likeness (QED) is 0.328. The number of anilines is 1. The fourth-order valence-corrected chi connectivity index (χ4v) is 1.99. The molecule has 0 heterocycles. The van der Waals surface area contributed by atoms with Crippen molar-refractivity contribution < 1.29 is 9.90 Å². The van der Waals surface area contributed by atoms with Crippen LogP contribution in [0.5, 0.6) is 0 Å². The van der Waals surface area contributed by atoms with Gasteiger partial charge in [-0.25, -0.2) is 4.79 Å². The molecule has 2 aromatic carbocycles. The zero-order valence-corrected chi connectivity index (χ0v) is 12.3. The molecule has 2 aromatic rings. The molecule has 0 aliphatic heterocycles. The van der Waals surface area contributed by atoms with Crippen LogP contribution in [0.15, 0.2) is 60.0 Å². The van der Waals surface area contributed by atoms with Gasteiger partial charge < -0.3 is 21.6 Å². The van der Waals surface area contributed by atoms with Crippen molar-refractivity contribution in [2.75, 3.05) is 5.32 Å². The first-order chi connectivity index (χ1) is 10.5. The van der Waals surface area contributed by atoms with Crippen LogP contribution in [0.3, 0.4) is 0 Å². The molecule has 7 heteroatoms. The van der Waals surface area contributed by atoms with Gasteiger partial charge in [0.1, 0.15) is 5.82 Å². The lowest BCUT2D eigenvalue weighted by atomic mass is 10.1. The van der Waals surface area contributed by atoms with Crippen molar-refractivity contribution in [3.8, 4) is 11.1 Å². The van der Waals surface area contributed by atoms with E-state index in [9.17, 15) is 4.79 Å². The van der Waals surface area contributed by atoms with E-state index >= 15 is 0 Å². The summed E-state index contributed by atoms with van der Waals surface area (Å²) in [5.74, 6) is 3.80. The van der Waals surface area contributed by atoms with Crippen LogP contribution in [0, 0.1) is 0 Å². The van der Waals surface area contributed by atoms with Gasteiger partial charge in [-0.05, 0) is 35.4 Å². The molecule has 0 bridgehead atoms. The van der Waals surface area contributed by atoms with E-state index in [2.05, 4.69) is 5.32 Å². The smallest absolute Gasteiger partial charge is 0.357 e. The predicted octanol–water partition coefficient (Wildman–Crippen LogP) is 2.09. The number of hydrazine groups is 1. The Morgan fingerprint density at radius 3 is 1.95 bits per heavy atom. The van der Waals surface area contributed by atoms with Crippen molar-refractivity contribution >= 4 is 23.3 Å². The largest absolute Gasteiger partial charge is 0.476 e. The van der Waals surface area contributed by atoms with Crippen molar-refractivity contribution in [2.45, 2.75) is 0 Å². The molecule has 0 aliphatic rings. The van der Waals surface area contributed by atoms with Crippen molar-refractivity contribution in [3.63, 3.8) is 0 Å². The highest BCUT2D eigenvalue weighted by molar-refractivity contribution is 6.30. The van der Waals surface area contributed by atoms with Crippen molar-refractivity contribution in [2.24, 2.45) is 11.6 Å². The molecule has 0 aromatic heterocycles. The van der Waals surface area contributed by atoms with Crippen LogP contribution in [0.4, 0.5) is 5.69 Å². The Balaban J connectivity index is 2.19. The fourth-order valence-electron chi connectivity index (χ4n) is 1.86. The lowest BCUT2D eigenvalue weighted by molar-refractivity contribution is -0.133. The summed E-state index contributed by atoms with van der Waals surface area (Å²) in [6, 6.07) is 14.8. The zero-order valence-electron chi connectivity index (χ0n) is 11.5. The van der Waals surface area contributed by atoms with Gasteiger partial charge in [-0.2, -0.15) is 0 Å². The SMILES string of the molecule is NN/C(C(=O)O)=C(\N)Nc1ccc(-c2ccc(Cl)cc2)cc1.